The lowest BCUT2D eigenvalue weighted by molar-refractivity contribution is 0.0383. The molecule has 2 aliphatic rings. The number of hydrogen-bond acceptors (Lipinski definition) is 5. The molecule has 0 spiro atoms. The van der Waals surface area contributed by atoms with E-state index in [2.05, 4.69) is 10.2 Å². The maximum atomic E-state index is 14.5. The topological polar surface area (TPSA) is 79.0 Å². The summed E-state index contributed by atoms with van der Waals surface area (Å²) in [5, 5.41) is 2.92. The van der Waals surface area contributed by atoms with E-state index in [9.17, 15) is 18.2 Å². The van der Waals surface area contributed by atoms with Gasteiger partial charge in [-0.15, -0.1) is 0 Å². The highest BCUT2D eigenvalue weighted by atomic mass is 32.2. The second kappa shape index (κ2) is 10.7. The lowest BCUT2D eigenvalue weighted by atomic mass is 10.1. The Bertz CT molecular complexity index is 1330. The van der Waals surface area contributed by atoms with E-state index in [1.54, 1.807) is 60.7 Å². The van der Waals surface area contributed by atoms with Crippen LogP contribution in [0.5, 0.6) is 0 Å². The van der Waals surface area contributed by atoms with Gasteiger partial charge in [-0.2, -0.15) is 0 Å². The zero-order valence-corrected chi connectivity index (χ0v) is 20.4. The van der Waals surface area contributed by atoms with E-state index in [1.165, 1.54) is 11.0 Å². The molecule has 0 radical (unpaired) electrons. The van der Waals surface area contributed by atoms with Crippen molar-refractivity contribution in [1.29, 1.82) is 0 Å². The summed E-state index contributed by atoms with van der Waals surface area (Å²) in [6, 6.07) is 17.7. The minimum Gasteiger partial charge on any atom is -0.379 e. The number of hydrogen-bond donors (Lipinski definition) is 1. The van der Waals surface area contributed by atoms with E-state index in [-0.39, 0.29) is 12.5 Å². The fraction of sp³-hybridized carbons (Fsp3) is 0.259. The summed E-state index contributed by atoms with van der Waals surface area (Å²) in [4.78, 5) is 31.0. The molecule has 2 aliphatic heterocycles. The van der Waals surface area contributed by atoms with Gasteiger partial charge in [0, 0.05) is 37.3 Å². The van der Waals surface area contributed by atoms with Crippen LogP contribution in [0.4, 0.5) is 10.1 Å². The van der Waals surface area contributed by atoms with Crippen molar-refractivity contribution in [3.63, 3.8) is 0 Å². The first-order chi connectivity index (χ1) is 17.5. The summed E-state index contributed by atoms with van der Waals surface area (Å²) in [6.45, 7) is 4.13. The van der Waals surface area contributed by atoms with Crippen molar-refractivity contribution in [2.24, 2.45) is 0 Å². The molecule has 0 bridgehead atoms. The molecule has 1 unspecified atom stereocenters. The lowest BCUT2D eigenvalue weighted by Gasteiger charge is -2.26. The van der Waals surface area contributed by atoms with Crippen LogP contribution < -0.4 is 10.2 Å². The smallest absolute Gasteiger partial charge is 0.259 e. The van der Waals surface area contributed by atoms with Crippen molar-refractivity contribution >= 4 is 28.3 Å². The fourth-order valence-electron chi connectivity index (χ4n) is 4.41. The molecule has 186 valence electrons. The van der Waals surface area contributed by atoms with Gasteiger partial charge in [-0.05, 0) is 36.4 Å². The first-order valence-electron chi connectivity index (χ1n) is 11.8. The van der Waals surface area contributed by atoms with Crippen molar-refractivity contribution in [2.75, 3.05) is 44.3 Å². The molecule has 1 atom stereocenters. The van der Waals surface area contributed by atoms with Crippen LogP contribution >= 0.6 is 0 Å². The SMILES string of the molecule is O=C(NCCN1CCOCC1)c1ccc2c(c1)N(Cc1ccccc1F)C(=O)c1ccccc1S2=O. The van der Waals surface area contributed by atoms with E-state index in [4.69, 9.17) is 4.74 Å². The van der Waals surface area contributed by atoms with Crippen LogP contribution in [0.1, 0.15) is 26.3 Å². The highest BCUT2D eigenvalue weighted by Crippen LogP contribution is 2.36. The standard InChI is InChI=1S/C27H26FN3O4S/c28-22-7-3-1-5-20(22)18-31-23-17-19(26(32)29-11-12-30-13-15-35-16-14-30)9-10-25(23)36(34)24-8-4-2-6-21(24)27(31)33/h1-10,17H,11-16,18H2,(H,29,32). The second-order valence-electron chi connectivity index (χ2n) is 8.64. The van der Waals surface area contributed by atoms with Crippen LogP contribution in [-0.2, 0) is 22.1 Å². The van der Waals surface area contributed by atoms with E-state index in [1.807, 2.05) is 0 Å². The molecule has 0 saturated carbocycles. The van der Waals surface area contributed by atoms with Gasteiger partial charge >= 0.3 is 0 Å². The van der Waals surface area contributed by atoms with Crippen LogP contribution in [-0.4, -0.2) is 60.3 Å². The molecule has 3 aromatic rings. The Morgan fingerprint density at radius 2 is 1.75 bits per heavy atom. The molecule has 0 aromatic heterocycles. The first kappa shape index (κ1) is 24.3. The number of anilines is 1. The molecule has 36 heavy (non-hydrogen) atoms. The molecule has 1 N–H and O–H groups in total. The quantitative estimate of drug-likeness (QED) is 0.555. The number of nitrogens with zero attached hydrogens (tertiary/aromatic N) is 2. The third kappa shape index (κ3) is 4.95. The number of halogens is 1. The average Bonchev–Trinajstić information content (AvgIpc) is 2.99. The number of fused-ring (bicyclic) bond motifs is 2. The summed E-state index contributed by atoms with van der Waals surface area (Å²) < 4.78 is 33.4. The summed E-state index contributed by atoms with van der Waals surface area (Å²) >= 11 is 0. The fourth-order valence-corrected chi connectivity index (χ4v) is 5.76. The van der Waals surface area contributed by atoms with Crippen LogP contribution in [0.15, 0.2) is 76.5 Å². The minimum atomic E-state index is -1.65. The van der Waals surface area contributed by atoms with Crippen LogP contribution in [0.3, 0.4) is 0 Å². The maximum absolute atomic E-state index is 14.5. The molecule has 9 heteroatoms. The number of carbonyl (C=O) groups excluding carboxylic acids is 2. The van der Waals surface area contributed by atoms with Crippen molar-refractivity contribution in [1.82, 2.24) is 10.2 Å². The number of nitrogens with one attached hydrogen (secondary N) is 1. The molecule has 7 nitrogen and oxygen atoms in total. The Labute approximate surface area is 211 Å². The van der Waals surface area contributed by atoms with E-state index in [0.29, 0.717) is 58.5 Å². The first-order valence-corrected chi connectivity index (χ1v) is 13.0. The molecule has 0 aliphatic carbocycles. The van der Waals surface area contributed by atoms with Gasteiger partial charge in [-0.1, -0.05) is 30.3 Å². The van der Waals surface area contributed by atoms with Gasteiger partial charge in [0.05, 0.1) is 51.6 Å². The van der Waals surface area contributed by atoms with Gasteiger partial charge in [0.2, 0.25) is 0 Å². The Hall–Kier alpha value is -3.40. The maximum Gasteiger partial charge on any atom is 0.259 e. The molecule has 3 aromatic carbocycles. The van der Waals surface area contributed by atoms with Crippen molar-refractivity contribution < 1.29 is 22.9 Å². The predicted octanol–water partition coefficient (Wildman–Crippen LogP) is 3.21. The minimum absolute atomic E-state index is 0.0633. The Morgan fingerprint density at radius 3 is 2.56 bits per heavy atom. The number of rotatable bonds is 6. The summed E-state index contributed by atoms with van der Waals surface area (Å²) in [5.41, 5.74) is 1.28. The van der Waals surface area contributed by atoms with E-state index < -0.39 is 22.5 Å². The van der Waals surface area contributed by atoms with Crippen molar-refractivity contribution in [3.8, 4) is 0 Å². The molecule has 5 rings (SSSR count). The normalized spacial score (nSPS) is 17.8. The van der Waals surface area contributed by atoms with Crippen molar-refractivity contribution in [2.45, 2.75) is 16.3 Å². The van der Waals surface area contributed by atoms with E-state index >= 15 is 0 Å². The number of morpholine rings is 1. The zero-order chi connectivity index (χ0) is 25.1. The van der Waals surface area contributed by atoms with E-state index in [0.717, 1.165) is 13.1 Å². The molecule has 1 fully saturated rings. The van der Waals surface area contributed by atoms with Gasteiger partial charge < -0.3 is 15.0 Å². The molecular formula is C27H26FN3O4S. The number of ether oxygens (including phenoxy) is 1. The molecular weight excluding hydrogens is 481 g/mol. The van der Waals surface area contributed by atoms with Gasteiger partial charge in [-0.3, -0.25) is 14.5 Å². The Balaban J connectivity index is 1.46. The van der Waals surface area contributed by atoms with Crippen LogP contribution in [0.2, 0.25) is 0 Å². The predicted molar refractivity (Wildman–Crippen MR) is 134 cm³/mol. The monoisotopic (exact) mass is 507 g/mol. The van der Waals surface area contributed by atoms with Gasteiger partial charge in [0.1, 0.15) is 5.82 Å². The molecule has 2 amide bonds. The Morgan fingerprint density at radius 1 is 1.00 bits per heavy atom. The molecule has 1 saturated heterocycles. The Kier molecular flexibility index (Phi) is 7.22. The number of amides is 2. The van der Waals surface area contributed by atoms with Crippen LogP contribution in [0, 0.1) is 5.82 Å². The van der Waals surface area contributed by atoms with Gasteiger partial charge in [-0.25, -0.2) is 8.60 Å². The summed E-state index contributed by atoms with van der Waals surface area (Å²) in [7, 11) is -1.65. The number of benzene rings is 3. The lowest BCUT2D eigenvalue weighted by Crippen LogP contribution is -2.41. The third-order valence-corrected chi connectivity index (χ3v) is 7.88. The summed E-state index contributed by atoms with van der Waals surface area (Å²) in [6.07, 6.45) is 0. The van der Waals surface area contributed by atoms with Gasteiger partial charge in [0.15, 0.2) is 0 Å². The zero-order valence-electron chi connectivity index (χ0n) is 19.6. The average molecular weight is 508 g/mol. The van der Waals surface area contributed by atoms with Gasteiger partial charge in [0.25, 0.3) is 11.8 Å². The van der Waals surface area contributed by atoms with Crippen LogP contribution in [0.25, 0.3) is 0 Å². The second-order valence-corrected chi connectivity index (χ2v) is 10.1. The number of carbonyl (C=O) groups is 2. The van der Waals surface area contributed by atoms with Crippen molar-refractivity contribution in [3.05, 3.63) is 89.2 Å². The third-order valence-electron chi connectivity index (χ3n) is 6.38. The summed E-state index contributed by atoms with van der Waals surface area (Å²) in [5.74, 6) is -1.13. The molecule has 2 heterocycles. The largest absolute Gasteiger partial charge is 0.379 e. The highest BCUT2D eigenvalue weighted by Gasteiger charge is 2.32. The highest BCUT2D eigenvalue weighted by molar-refractivity contribution is 7.85.